The van der Waals surface area contributed by atoms with Crippen molar-refractivity contribution in [3.8, 4) is 0 Å². The number of fused-ring (bicyclic) bond motifs is 1. The molecule has 0 radical (unpaired) electrons. The highest BCUT2D eigenvalue weighted by molar-refractivity contribution is 6.03. The molecular formula is C15H18O2. The van der Waals surface area contributed by atoms with Crippen LogP contribution in [0.3, 0.4) is 0 Å². The first kappa shape index (κ1) is 12.0. The molecule has 17 heavy (non-hydrogen) atoms. The highest BCUT2D eigenvalue weighted by Crippen LogP contribution is 2.41. The third-order valence-corrected chi connectivity index (χ3v) is 4.01. The Labute approximate surface area is 102 Å². The van der Waals surface area contributed by atoms with Gasteiger partial charge in [0.2, 0.25) is 0 Å². The van der Waals surface area contributed by atoms with E-state index in [1.54, 1.807) is 0 Å². The van der Waals surface area contributed by atoms with Gasteiger partial charge in [-0.2, -0.15) is 0 Å². The summed E-state index contributed by atoms with van der Waals surface area (Å²) in [6.45, 7) is 7.93. The SMILES string of the molecule is C=C(C)C1CCC(C=O)=C2CC(=O)C(C)=C2C1. The van der Waals surface area contributed by atoms with Crippen LogP contribution in [0.4, 0.5) is 0 Å². The number of carbonyl (C=O) groups is 2. The molecule has 0 heterocycles. The number of Topliss-reactive ketones (excluding diaryl/α,β-unsaturated/α-hetero) is 1. The van der Waals surface area contributed by atoms with Crippen LogP contribution in [0.15, 0.2) is 34.4 Å². The minimum atomic E-state index is 0.178. The summed E-state index contributed by atoms with van der Waals surface area (Å²) in [5.74, 6) is 0.579. The number of aldehydes is 1. The minimum absolute atomic E-state index is 0.178. The summed E-state index contributed by atoms with van der Waals surface area (Å²) in [6.07, 6.45) is 3.98. The third kappa shape index (κ3) is 2.04. The lowest BCUT2D eigenvalue weighted by Crippen LogP contribution is -2.02. The van der Waals surface area contributed by atoms with E-state index in [1.807, 2.05) is 13.8 Å². The fraction of sp³-hybridized carbons (Fsp3) is 0.467. The van der Waals surface area contributed by atoms with Gasteiger partial charge in [-0.15, -0.1) is 0 Å². The van der Waals surface area contributed by atoms with Crippen molar-refractivity contribution in [1.82, 2.24) is 0 Å². The first-order chi connectivity index (χ1) is 8.04. The number of hydrogen-bond acceptors (Lipinski definition) is 2. The van der Waals surface area contributed by atoms with Crippen LogP contribution in [0.5, 0.6) is 0 Å². The summed E-state index contributed by atoms with van der Waals surface area (Å²) in [5.41, 5.74) is 4.95. The van der Waals surface area contributed by atoms with Crippen molar-refractivity contribution < 1.29 is 9.59 Å². The van der Waals surface area contributed by atoms with Crippen molar-refractivity contribution in [3.63, 3.8) is 0 Å². The van der Waals surface area contributed by atoms with E-state index in [-0.39, 0.29) is 5.78 Å². The zero-order valence-corrected chi connectivity index (χ0v) is 10.5. The van der Waals surface area contributed by atoms with Crippen molar-refractivity contribution in [2.75, 3.05) is 0 Å². The normalized spacial score (nSPS) is 24.8. The maximum Gasteiger partial charge on any atom is 0.163 e. The third-order valence-electron chi connectivity index (χ3n) is 4.01. The van der Waals surface area contributed by atoms with Gasteiger partial charge in [-0.3, -0.25) is 9.59 Å². The number of rotatable bonds is 2. The lowest BCUT2D eigenvalue weighted by molar-refractivity contribution is -0.114. The Hall–Kier alpha value is -1.44. The second-order valence-corrected chi connectivity index (χ2v) is 5.11. The molecule has 0 N–H and O–H groups in total. The molecule has 1 unspecified atom stereocenters. The van der Waals surface area contributed by atoms with Crippen LogP contribution in [0.2, 0.25) is 0 Å². The molecular weight excluding hydrogens is 212 g/mol. The van der Waals surface area contributed by atoms with E-state index in [0.717, 1.165) is 53.4 Å². The summed E-state index contributed by atoms with van der Waals surface area (Å²) in [6, 6.07) is 0. The first-order valence-electron chi connectivity index (χ1n) is 6.10. The highest BCUT2D eigenvalue weighted by atomic mass is 16.1. The molecule has 2 aliphatic rings. The van der Waals surface area contributed by atoms with E-state index < -0.39 is 0 Å². The summed E-state index contributed by atoms with van der Waals surface area (Å²) in [5, 5.41) is 0. The molecule has 2 aliphatic carbocycles. The molecule has 0 bridgehead atoms. The molecule has 0 spiro atoms. The van der Waals surface area contributed by atoms with Gasteiger partial charge in [-0.05, 0) is 61.3 Å². The van der Waals surface area contributed by atoms with Crippen LogP contribution >= 0.6 is 0 Å². The zero-order chi connectivity index (χ0) is 12.6. The molecule has 1 atom stereocenters. The Bertz CT molecular complexity index is 463. The van der Waals surface area contributed by atoms with Crippen LogP contribution in [0.1, 0.15) is 39.5 Å². The first-order valence-corrected chi connectivity index (χ1v) is 6.10. The lowest BCUT2D eigenvalue weighted by atomic mass is 9.90. The molecule has 0 saturated carbocycles. The maximum atomic E-state index is 11.8. The molecule has 2 rings (SSSR count). The summed E-state index contributed by atoms with van der Waals surface area (Å²) < 4.78 is 0. The molecule has 0 amide bonds. The largest absolute Gasteiger partial charge is 0.298 e. The Morgan fingerprint density at radius 2 is 2.12 bits per heavy atom. The van der Waals surface area contributed by atoms with Gasteiger partial charge in [0.05, 0.1) is 0 Å². The molecule has 2 heteroatoms. The van der Waals surface area contributed by atoms with Crippen LogP contribution in [0.25, 0.3) is 0 Å². The van der Waals surface area contributed by atoms with Crippen molar-refractivity contribution in [1.29, 1.82) is 0 Å². The molecule has 0 aliphatic heterocycles. The Morgan fingerprint density at radius 3 is 2.71 bits per heavy atom. The molecule has 0 aromatic carbocycles. The van der Waals surface area contributed by atoms with Gasteiger partial charge in [0.15, 0.2) is 5.78 Å². The standard InChI is InChI=1S/C15H18O2/c1-9(2)11-4-5-12(8-16)14-7-15(17)10(3)13(14)6-11/h8,11H,1,4-7H2,2-3H3. The van der Waals surface area contributed by atoms with Crippen LogP contribution in [0, 0.1) is 5.92 Å². The van der Waals surface area contributed by atoms with Crippen molar-refractivity contribution >= 4 is 12.1 Å². The number of ketones is 1. The Balaban J connectivity index is 2.46. The molecule has 90 valence electrons. The van der Waals surface area contributed by atoms with Gasteiger partial charge in [0.1, 0.15) is 6.29 Å². The number of allylic oxidation sites excluding steroid dienone is 5. The Kier molecular flexibility index (Phi) is 3.14. The van der Waals surface area contributed by atoms with E-state index in [1.165, 1.54) is 0 Å². The molecule has 0 saturated heterocycles. The van der Waals surface area contributed by atoms with Crippen LogP contribution in [-0.2, 0) is 9.59 Å². The fourth-order valence-electron chi connectivity index (χ4n) is 2.76. The van der Waals surface area contributed by atoms with Crippen LogP contribution < -0.4 is 0 Å². The van der Waals surface area contributed by atoms with Gasteiger partial charge in [0, 0.05) is 6.42 Å². The van der Waals surface area contributed by atoms with Gasteiger partial charge in [-0.25, -0.2) is 0 Å². The van der Waals surface area contributed by atoms with Crippen molar-refractivity contribution in [2.45, 2.75) is 39.5 Å². The minimum Gasteiger partial charge on any atom is -0.298 e. The number of carbonyl (C=O) groups excluding carboxylic acids is 2. The molecule has 2 nitrogen and oxygen atoms in total. The van der Waals surface area contributed by atoms with E-state index in [2.05, 4.69) is 6.58 Å². The van der Waals surface area contributed by atoms with E-state index in [9.17, 15) is 9.59 Å². The van der Waals surface area contributed by atoms with Crippen molar-refractivity contribution in [3.05, 3.63) is 34.4 Å². The number of hydrogen-bond donors (Lipinski definition) is 0. The van der Waals surface area contributed by atoms with Gasteiger partial charge < -0.3 is 0 Å². The summed E-state index contributed by atoms with van der Waals surface area (Å²) >= 11 is 0. The van der Waals surface area contributed by atoms with E-state index in [0.29, 0.717) is 12.3 Å². The predicted octanol–water partition coefficient (Wildman–Crippen LogP) is 3.15. The Morgan fingerprint density at radius 1 is 1.41 bits per heavy atom. The molecule has 0 fully saturated rings. The highest BCUT2D eigenvalue weighted by Gasteiger charge is 2.31. The smallest absolute Gasteiger partial charge is 0.163 e. The topological polar surface area (TPSA) is 34.1 Å². The van der Waals surface area contributed by atoms with Gasteiger partial charge in [0.25, 0.3) is 0 Å². The second-order valence-electron chi connectivity index (χ2n) is 5.11. The average molecular weight is 230 g/mol. The second kappa shape index (κ2) is 4.44. The summed E-state index contributed by atoms with van der Waals surface area (Å²) in [7, 11) is 0. The summed E-state index contributed by atoms with van der Waals surface area (Å²) in [4.78, 5) is 22.9. The fourth-order valence-corrected chi connectivity index (χ4v) is 2.76. The van der Waals surface area contributed by atoms with Crippen LogP contribution in [-0.4, -0.2) is 12.1 Å². The average Bonchev–Trinajstić information content (AvgIpc) is 2.50. The molecule has 0 aromatic heterocycles. The quantitative estimate of drug-likeness (QED) is 0.539. The molecule has 0 aromatic rings. The van der Waals surface area contributed by atoms with E-state index >= 15 is 0 Å². The van der Waals surface area contributed by atoms with Crippen molar-refractivity contribution in [2.24, 2.45) is 5.92 Å². The predicted molar refractivity (Wildman–Crippen MR) is 67.6 cm³/mol. The van der Waals surface area contributed by atoms with Gasteiger partial charge in [-0.1, -0.05) is 12.2 Å². The van der Waals surface area contributed by atoms with Gasteiger partial charge >= 0.3 is 0 Å². The zero-order valence-electron chi connectivity index (χ0n) is 10.5. The lowest BCUT2D eigenvalue weighted by Gasteiger charge is -2.15. The van der Waals surface area contributed by atoms with E-state index in [4.69, 9.17) is 0 Å². The monoisotopic (exact) mass is 230 g/mol. The maximum absolute atomic E-state index is 11.8.